The number of thioether (sulfide) groups is 1. The molecule has 0 aliphatic carbocycles. The van der Waals surface area contributed by atoms with Crippen LogP contribution in [0, 0.1) is 0 Å². The second-order valence-corrected chi connectivity index (χ2v) is 5.65. The normalized spacial score (nSPS) is 15.8. The first-order valence-electron chi connectivity index (χ1n) is 6.57. The number of carbonyl (C=O) groups excluding carboxylic acids is 2. The molecular formula is C14H16N2O4S. The average molecular weight is 308 g/mol. The van der Waals surface area contributed by atoms with Gasteiger partial charge in [0.2, 0.25) is 5.91 Å². The van der Waals surface area contributed by atoms with E-state index in [4.69, 9.17) is 0 Å². The zero-order chi connectivity index (χ0) is 15.2. The van der Waals surface area contributed by atoms with E-state index >= 15 is 0 Å². The zero-order valence-corrected chi connectivity index (χ0v) is 12.1. The summed E-state index contributed by atoms with van der Waals surface area (Å²) in [5.41, 5.74) is 0.520. The molecular weight excluding hydrogens is 292 g/mol. The Hall–Kier alpha value is -2.02. The van der Waals surface area contributed by atoms with Gasteiger partial charge in [0.25, 0.3) is 5.24 Å². The van der Waals surface area contributed by atoms with Crippen molar-refractivity contribution < 1.29 is 19.5 Å². The van der Waals surface area contributed by atoms with Crippen LogP contribution in [0.3, 0.4) is 0 Å². The monoisotopic (exact) mass is 308 g/mol. The molecule has 1 heterocycles. The summed E-state index contributed by atoms with van der Waals surface area (Å²) in [5, 5.41) is 11.7. The summed E-state index contributed by atoms with van der Waals surface area (Å²) in [6.45, 7) is 0.955. The van der Waals surface area contributed by atoms with Crippen molar-refractivity contribution >= 4 is 28.9 Å². The van der Waals surface area contributed by atoms with Gasteiger partial charge in [-0.1, -0.05) is 42.1 Å². The molecule has 0 unspecified atom stereocenters. The Balaban J connectivity index is 1.90. The number of nitrogens with zero attached hydrogens (tertiary/aromatic N) is 1. The quantitative estimate of drug-likeness (QED) is 0.831. The van der Waals surface area contributed by atoms with Crippen molar-refractivity contribution in [2.45, 2.75) is 12.5 Å². The van der Waals surface area contributed by atoms with Gasteiger partial charge >= 0.3 is 5.97 Å². The summed E-state index contributed by atoms with van der Waals surface area (Å²) in [6.07, 6.45) is 0.100. The highest BCUT2D eigenvalue weighted by Crippen LogP contribution is 2.17. The number of carboxylic acid groups (broad SMARTS) is 1. The highest BCUT2D eigenvalue weighted by atomic mass is 32.2. The lowest BCUT2D eigenvalue weighted by atomic mass is 10.1. The molecule has 7 heteroatoms. The average Bonchev–Trinajstić information content (AvgIpc) is 2.88. The minimum absolute atomic E-state index is 0.0272. The van der Waals surface area contributed by atoms with Crippen molar-refractivity contribution in [1.29, 1.82) is 0 Å². The molecule has 0 saturated carbocycles. The van der Waals surface area contributed by atoms with Gasteiger partial charge in [0, 0.05) is 25.3 Å². The summed E-state index contributed by atoms with van der Waals surface area (Å²) in [4.78, 5) is 36.1. The van der Waals surface area contributed by atoms with Crippen LogP contribution in [0.2, 0.25) is 0 Å². The van der Waals surface area contributed by atoms with Gasteiger partial charge in [0.1, 0.15) is 0 Å². The third-order valence-electron chi connectivity index (χ3n) is 3.14. The van der Waals surface area contributed by atoms with E-state index in [1.807, 2.05) is 0 Å². The molecule has 0 radical (unpaired) electrons. The number of carboxylic acids is 1. The van der Waals surface area contributed by atoms with Crippen molar-refractivity contribution in [3.05, 3.63) is 35.9 Å². The van der Waals surface area contributed by atoms with E-state index in [0.717, 1.165) is 5.75 Å². The second-order valence-electron chi connectivity index (χ2n) is 4.60. The Kier molecular flexibility index (Phi) is 5.21. The number of aliphatic carboxylic acids is 1. The maximum Gasteiger partial charge on any atom is 0.330 e. The van der Waals surface area contributed by atoms with E-state index < -0.39 is 12.0 Å². The molecule has 1 fully saturated rings. The van der Waals surface area contributed by atoms with Gasteiger partial charge in [0.05, 0.1) is 0 Å². The van der Waals surface area contributed by atoms with Crippen LogP contribution in [0.5, 0.6) is 0 Å². The second kappa shape index (κ2) is 7.12. The molecule has 6 nitrogen and oxygen atoms in total. The summed E-state index contributed by atoms with van der Waals surface area (Å²) in [5.74, 6) is -0.749. The lowest BCUT2D eigenvalue weighted by molar-refractivity contribution is -0.142. The van der Waals surface area contributed by atoms with Gasteiger partial charge in [-0.25, -0.2) is 4.79 Å². The third-order valence-corrected chi connectivity index (χ3v) is 4.03. The number of rotatable bonds is 6. The van der Waals surface area contributed by atoms with E-state index in [0.29, 0.717) is 18.7 Å². The highest BCUT2D eigenvalue weighted by Gasteiger charge is 2.24. The smallest absolute Gasteiger partial charge is 0.330 e. The lowest BCUT2D eigenvalue weighted by Crippen LogP contribution is -2.36. The van der Waals surface area contributed by atoms with Crippen LogP contribution >= 0.6 is 11.8 Å². The molecule has 2 amide bonds. The fraction of sp³-hybridized carbons (Fsp3) is 0.357. The van der Waals surface area contributed by atoms with Crippen molar-refractivity contribution in [3.63, 3.8) is 0 Å². The molecule has 21 heavy (non-hydrogen) atoms. The minimum Gasteiger partial charge on any atom is -0.479 e. The first-order chi connectivity index (χ1) is 10.1. The number of nitrogens with one attached hydrogen (secondary N) is 1. The first kappa shape index (κ1) is 15.4. The molecule has 1 saturated heterocycles. The predicted octanol–water partition coefficient (Wildman–Crippen LogP) is 1.49. The zero-order valence-electron chi connectivity index (χ0n) is 11.3. The van der Waals surface area contributed by atoms with Crippen molar-refractivity contribution in [3.8, 4) is 0 Å². The standard InChI is InChI=1S/C14H16N2O4S/c17-11(6-7-16-8-9-21-14(16)20)15-12(13(18)19)10-4-2-1-3-5-10/h1-5,12H,6-9H2,(H,15,17)(H,18,19)/t12-/m1/s1. The van der Waals surface area contributed by atoms with Gasteiger partial charge in [0.15, 0.2) is 6.04 Å². The van der Waals surface area contributed by atoms with Crippen LogP contribution in [0.25, 0.3) is 0 Å². The number of hydrogen-bond acceptors (Lipinski definition) is 4. The molecule has 0 aromatic heterocycles. The molecule has 0 spiro atoms. The summed E-state index contributed by atoms with van der Waals surface area (Å²) >= 11 is 1.23. The molecule has 1 atom stereocenters. The van der Waals surface area contributed by atoms with E-state index in [1.165, 1.54) is 11.8 Å². The van der Waals surface area contributed by atoms with Gasteiger partial charge in [-0.2, -0.15) is 0 Å². The summed E-state index contributed by atoms with van der Waals surface area (Å²) in [7, 11) is 0. The van der Waals surface area contributed by atoms with E-state index in [2.05, 4.69) is 5.32 Å². The molecule has 1 aliphatic heterocycles. The number of benzene rings is 1. The fourth-order valence-corrected chi connectivity index (χ4v) is 2.88. The van der Waals surface area contributed by atoms with Crippen LogP contribution in [-0.4, -0.2) is 46.0 Å². The van der Waals surface area contributed by atoms with Crippen LogP contribution in [0.1, 0.15) is 18.0 Å². The Morgan fingerprint density at radius 3 is 2.62 bits per heavy atom. The SMILES string of the molecule is O=C(CCN1CCSC1=O)N[C@@H](C(=O)O)c1ccccc1. The number of amides is 2. The van der Waals surface area contributed by atoms with Crippen molar-refractivity contribution in [2.24, 2.45) is 0 Å². The molecule has 2 N–H and O–H groups in total. The van der Waals surface area contributed by atoms with E-state index in [-0.39, 0.29) is 17.6 Å². The van der Waals surface area contributed by atoms with Crippen molar-refractivity contribution in [2.75, 3.05) is 18.8 Å². The molecule has 112 valence electrons. The first-order valence-corrected chi connectivity index (χ1v) is 7.55. The molecule has 1 aliphatic rings. The van der Waals surface area contributed by atoms with E-state index in [1.54, 1.807) is 35.2 Å². The maximum atomic E-state index is 11.9. The highest BCUT2D eigenvalue weighted by molar-refractivity contribution is 8.13. The van der Waals surface area contributed by atoms with Gasteiger partial charge in [-0.15, -0.1) is 0 Å². The van der Waals surface area contributed by atoms with Crippen LogP contribution in [0.4, 0.5) is 4.79 Å². The van der Waals surface area contributed by atoms with Crippen molar-refractivity contribution in [1.82, 2.24) is 10.2 Å². The fourth-order valence-electron chi connectivity index (χ4n) is 2.03. The van der Waals surface area contributed by atoms with Crippen LogP contribution in [-0.2, 0) is 9.59 Å². The Labute approximate surface area is 126 Å². The topological polar surface area (TPSA) is 86.7 Å². The molecule has 1 aromatic carbocycles. The Morgan fingerprint density at radius 2 is 2.05 bits per heavy atom. The van der Waals surface area contributed by atoms with Gasteiger partial charge in [-0.3, -0.25) is 9.59 Å². The van der Waals surface area contributed by atoms with Crippen LogP contribution < -0.4 is 5.32 Å². The summed E-state index contributed by atoms with van der Waals surface area (Å²) < 4.78 is 0. The maximum absolute atomic E-state index is 11.9. The molecule has 2 rings (SSSR count). The predicted molar refractivity (Wildman–Crippen MR) is 79.0 cm³/mol. The molecule has 0 bridgehead atoms. The largest absolute Gasteiger partial charge is 0.479 e. The summed E-state index contributed by atoms with van der Waals surface area (Å²) in [6, 6.07) is 7.46. The minimum atomic E-state index is -1.11. The molecule has 1 aromatic rings. The lowest BCUT2D eigenvalue weighted by Gasteiger charge is -2.17. The van der Waals surface area contributed by atoms with Gasteiger partial charge in [-0.05, 0) is 5.56 Å². The Morgan fingerprint density at radius 1 is 1.33 bits per heavy atom. The van der Waals surface area contributed by atoms with Crippen LogP contribution in [0.15, 0.2) is 30.3 Å². The number of carbonyl (C=O) groups is 3. The Bertz CT molecular complexity index is 535. The van der Waals surface area contributed by atoms with Gasteiger partial charge < -0.3 is 15.3 Å². The van der Waals surface area contributed by atoms with E-state index in [9.17, 15) is 19.5 Å². The number of hydrogen-bond donors (Lipinski definition) is 2. The third kappa shape index (κ3) is 4.22.